The van der Waals surface area contributed by atoms with E-state index in [4.69, 9.17) is 22.7 Å². The highest BCUT2D eigenvalue weighted by atomic mass is 32.1. The van der Waals surface area contributed by atoms with E-state index in [1.165, 1.54) is 25.0 Å². The van der Waals surface area contributed by atoms with Gasteiger partial charge in [-0.3, -0.25) is 4.90 Å². The second-order valence-electron chi connectivity index (χ2n) is 5.42. The lowest BCUT2D eigenvalue weighted by Gasteiger charge is -2.18. The first kappa shape index (κ1) is 15.4. The van der Waals surface area contributed by atoms with E-state index in [1.54, 1.807) is 6.07 Å². The molecular formula is C15H21FN2OS. The molecule has 0 saturated heterocycles. The van der Waals surface area contributed by atoms with Crippen LogP contribution in [0.15, 0.2) is 18.2 Å². The van der Waals surface area contributed by atoms with E-state index in [9.17, 15) is 4.39 Å². The first-order valence-electron chi connectivity index (χ1n) is 6.91. The van der Waals surface area contributed by atoms with E-state index in [-0.39, 0.29) is 5.82 Å². The molecule has 5 heteroatoms. The lowest BCUT2D eigenvalue weighted by Crippen LogP contribution is -2.25. The maximum Gasteiger partial charge on any atom is 0.123 e. The fraction of sp³-hybridized carbons (Fsp3) is 0.533. The van der Waals surface area contributed by atoms with Gasteiger partial charge in [0.25, 0.3) is 0 Å². The summed E-state index contributed by atoms with van der Waals surface area (Å²) in [7, 11) is 1.98. The molecule has 1 aromatic carbocycles. The maximum absolute atomic E-state index is 13.3. The molecular weight excluding hydrogens is 275 g/mol. The van der Waals surface area contributed by atoms with Gasteiger partial charge in [0, 0.05) is 25.3 Å². The number of benzene rings is 1. The zero-order valence-corrected chi connectivity index (χ0v) is 12.6. The van der Waals surface area contributed by atoms with Gasteiger partial charge in [0.1, 0.15) is 10.8 Å². The number of likely N-dealkylation sites (N-methyl/N-ethyl adjacent to an activating group) is 1. The van der Waals surface area contributed by atoms with Gasteiger partial charge in [-0.05, 0) is 49.6 Å². The second kappa shape index (κ2) is 7.11. The molecule has 1 aromatic rings. The number of rotatable bonds is 8. The first-order valence-corrected chi connectivity index (χ1v) is 7.31. The van der Waals surface area contributed by atoms with Gasteiger partial charge in [0.15, 0.2) is 0 Å². The summed E-state index contributed by atoms with van der Waals surface area (Å²) in [4.78, 5) is 2.39. The van der Waals surface area contributed by atoms with Crippen molar-refractivity contribution in [2.75, 3.05) is 26.8 Å². The summed E-state index contributed by atoms with van der Waals surface area (Å²) in [6.07, 6.45) is 2.60. The normalized spacial score (nSPS) is 14.8. The van der Waals surface area contributed by atoms with E-state index >= 15 is 0 Å². The van der Waals surface area contributed by atoms with Crippen molar-refractivity contribution in [2.24, 2.45) is 11.7 Å². The van der Waals surface area contributed by atoms with Crippen molar-refractivity contribution in [3.05, 3.63) is 35.1 Å². The zero-order chi connectivity index (χ0) is 14.5. The number of hydrogen-bond acceptors (Lipinski definition) is 3. The molecule has 0 bridgehead atoms. The Morgan fingerprint density at radius 3 is 2.90 bits per heavy atom. The molecule has 0 amide bonds. The monoisotopic (exact) mass is 296 g/mol. The average Bonchev–Trinajstić information content (AvgIpc) is 3.18. The largest absolute Gasteiger partial charge is 0.389 e. The first-order chi connectivity index (χ1) is 9.56. The molecule has 0 aromatic heterocycles. The van der Waals surface area contributed by atoms with Crippen molar-refractivity contribution in [3.8, 4) is 0 Å². The van der Waals surface area contributed by atoms with Gasteiger partial charge in [0.05, 0.1) is 6.61 Å². The fourth-order valence-corrected chi connectivity index (χ4v) is 2.26. The summed E-state index contributed by atoms with van der Waals surface area (Å²) in [6.45, 7) is 2.98. The van der Waals surface area contributed by atoms with Crippen LogP contribution in [0.3, 0.4) is 0 Å². The maximum atomic E-state index is 13.3. The Balaban J connectivity index is 1.83. The zero-order valence-electron chi connectivity index (χ0n) is 11.8. The predicted octanol–water partition coefficient (Wildman–Crippen LogP) is 2.32. The summed E-state index contributed by atoms with van der Waals surface area (Å²) in [6, 6.07) is 4.53. The van der Waals surface area contributed by atoms with Crippen LogP contribution in [0, 0.1) is 11.7 Å². The summed E-state index contributed by atoms with van der Waals surface area (Å²) >= 11 is 5.00. The Morgan fingerprint density at radius 1 is 1.50 bits per heavy atom. The van der Waals surface area contributed by atoms with Crippen molar-refractivity contribution in [2.45, 2.75) is 19.4 Å². The SMILES string of the molecule is CN(CCOCC1CC1)Cc1cc(F)ccc1C(N)=S. The van der Waals surface area contributed by atoms with Gasteiger partial charge in [-0.2, -0.15) is 0 Å². The standard InChI is InChI=1S/C15H21FN2OS/c1-18(6-7-19-10-11-2-3-11)9-12-8-13(16)4-5-14(12)15(17)20/h4-5,8,11H,2-3,6-7,9-10H2,1H3,(H2,17,20). The molecule has 3 nitrogen and oxygen atoms in total. The van der Waals surface area contributed by atoms with Crippen LogP contribution in [0.2, 0.25) is 0 Å². The van der Waals surface area contributed by atoms with Gasteiger partial charge in [-0.25, -0.2) is 4.39 Å². The molecule has 1 aliphatic carbocycles. The van der Waals surface area contributed by atoms with Crippen LogP contribution < -0.4 is 5.73 Å². The summed E-state index contributed by atoms with van der Waals surface area (Å²) in [5.74, 6) is 0.517. The molecule has 1 saturated carbocycles. The third kappa shape index (κ3) is 4.81. The number of halogens is 1. The molecule has 1 fully saturated rings. The Bertz CT molecular complexity index is 477. The van der Waals surface area contributed by atoms with Crippen molar-refractivity contribution in [1.29, 1.82) is 0 Å². The third-order valence-corrected chi connectivity index (χ3v) is 3.66. The Kier molecular flexibility index (Phi) is 5.46. The summed E-state index contributed by atoms with van der Waals surface area (Å²) in [5.41, 5.74) is 7.23. The quantitative estimate of drug-likeness (QED) is 0.590. The van der Waals surface area contributed by atoms with Gasteiger partial charge in [-0.1, -0.05) is 12.2 Å². The van der Waals surface area contributed by atoms with Gasteiger partial charge >= 0.3 is 0 Å². The minimum Gasteiger partial charge on any atom is -0.389 e. The van der Waals surface area contributed by atoms with Gasteiger partial charge in [-0.15, -0.1) is 0 Å². The van der Waals surface area contributed by atoms with Crippen molar-refractivity contribution in [3.63, 3.8) is 0 Å². The van der Waals surface area contributed by atoms with E-state index in [2.05, 4.69) is 4.90 Å². The highest BCUT2D eigenvalue weighted by Gasteiger charge is 2.21. The van der Waals surface area contributed by atoms with E-state index in [0.717, 1.165) is 30.2 Å². The van der Waals surface area contributed by atoms with E-state index < -0.39 is 0 Å². The van der Waals surface area contributed by atoms with Gasteiger partial charge in [0.2, 0.25) is 0 Å². The molecule has 0 unspecified atom stereocenters. The summed E-state index contributed by atoms with van der Waals surface area (Å²) < 4.78 is 18.9. The minimum atomic E-state index is -0.265. The highest BCUT2D eigenvalue weighted by Crippen LogP contribution is 2.28. The van der Waals surface area contributed by atoms with E-state index in [0.29, 0.717) is 18.1 Å². The average molecular weight is 296 g/mol. The number of thiocarbonyl (C=S) groups is 1. The fourth-order valence-electron chi connectivity index (χ4n) is 2.06. The van der Waals surface area contributed by atoms with Crippen LogP contribution in [0.4, 0.5) is 4.39 Å². The van der Waals surface area contributed by atoms with Crippen LogP contribution in [0.25, 0.3) is 0 Å². The molecule has 2 N–H and O–H groups in total. The van der Waals surface area contributed by atoms with E-state index in [1.807, 2.05) is 7.05 Å². The molecule has 2 rings (SSSR count). The minimum absolute atomic E-state index is 0.265. The third-order valence-electron chi connectivity index (χ3n) is 3.44. The lowest BCUT2D eigenvalue weighted by atomic mass is 10.1. The summed E-state index contributed by atoms with van der Waals surface area (Å²) in [5, 5.41) is 0. The molecule has 0 heterocycles. The lowest BCUT2D eigenvalue weighted by molar-refractivity contribution is 0.102. The molecule has 20 heavy (non-hydrogen) atoms. The van der Waals surface area contributed by atoms with Crippen LogP contribution in [0.1, 0.15) is 24.0 Å². The Labute approximate surface area is 124 Å². The van der Waals surface area contributed by atoms with Crippen molar-refractivity contribution >= 4 is 17.2 Å². The Morgan fingerprint density at radius 2 is 2.25 bits per heavy atom. The second-order valence-corrected chi connectivity index (χ2v) is 5.86. The van der Waals surface area contributed by atoms with Gasteiger partial charge < -0.3 is 10.5 Å². The number of nitrogens with zero attached hydrogens (tertiary/aromatic N) is 1. The van der Waals surface area contributed by atoms with Crippen LogP contribution in [-0.4, -0.2) is 36.7 Å². The van der Waals surface area contributed by atoms with Crippen LogP contribution in [-0.2, 0) is 11.3 Å². The smallest absolute Gasteiger partial charge is 0.123 e. The number of hydrogen-bond donors (Lipinski definition) is 1. The van der Waals surface area contributed by atoms with Crippen LogP contribution in [0.5, 0.6) is 0 Å². The van der Waals surface area contributed by atoms with Crippen molar-refractivity contribution in [1.82, 2.24) is 4.90 Å². The molecule has 0 aliphatic heterocycles. The van der Waals surface area contributed by atoms with Crippen LogP contribution >= 0.6 is 12.2 Å². The number of ether oxygens (including phenoxy) is 1. The molecule has 1 aliphatic rings. The molecule has 0 radical (unpaired) electrons. The number of nitrogens with two attached hydrogens (primary N) is 1. The molecule has 0 atom stereocenters. The molecule has 0 spiro atoms. The topological polar surface area (TPSA) is 38.5 Å². The van der Waals surface area contributed by atoms with Crippen molar-refractivity contribution < 1.29 is 9.13 Å². The predicted molar refractivity (Wildman–Crippen MR) is 82.2 cm³/mol. The highest BCUT2D eigenvalue weighted by molar-refractivity contribution is 7.80. The molecule has 110 valence electrons. The Hall–Kier alpha value is -1.04.